The number of allylic oxidation sites excluding steroid dienone is 1. The van der Waals surface area contributed by atoms with Crippen molar-refractivity contribution in [1.29, 1.82) is 0 Å². The Bertz CT molecular complexity index is 1120. The van der Waals surface area contributed by atoms with E-state index in [2.05, 4.69) is 16.1 Å². The van der Waals surface area contributed by atoms with Gasteiger partial charge in [0.15, 0.2) is 5.78 Å². The second kappa shape index (κ2) is 6.93. The highest BCUT2D eigenvalue weighted by Gasteiger charge is 2.21. The molecular formula is C21H23N3O2S. The van der Waals surface area contributed by atoms with Crippen LogP contribution in [0.25, 0.3) is 10.2 Å². The third-order valence-corrected chi connectivity index (χ3v) is 6.64. The van der Waals surface area contributed by atoms with Crippen molar-refractivity contribution in [3.8, 4) is 0 Å². The average Bonchev–Trinajstić information content (AvgIpc) is 3.17. The Morgan fingerprint density at radius 2 is 2.11 bits per heavy atom. The number of hydrogen-bond acceptors (Lipinski definition) is 4. The van der Waals surface area contributed by atoms with E-state index in [0.29, 0.717) is 12.1 Å². The van der Waals surface area contributed by atoms with Crippen LogP contribution < -0.4 is 5.56 Å². The van der Waals surface area contributed by atoms with Crippen LogP contribution in [-0.2, 0) is 25.9 Å². The van der Waals surface area contributed by atoms with Crippen LogP contribution in [0.4, 0.5) is 0 Å². The van der Waals surface area contributed by atoms with E-state index in [1.54, 1.807) is 11.3 Å². The summed E-state index contributed by atoms with van der Waals surface area (Å²) in [5.41, 5.74) is 3.65. The molecule has 4 rings (SSSR count). The van der Waals surface area contributed by atoms with Gasteiger partial charge in [0.1, 0.15) is 4.83 Å². The highest BCUT2D eigenvalue weighted by atomic mass is 32.1. The van der Waals surface area contributed by atoms with Crippen molar-refractivity contribution < 1.29 is 4.79 Å². The summed E-state index contributed by atoms with van der Waals surface area (Å²) in [6, 6.07) is 1.89. The molecule has 0 spiro atoms. The zero-order valence-corrected chi connectivity index (χ0v) is 16.6. The summed E-state index contributed by atoms with van der Waals surface area (Å²) in [4.78, 5) is 32.5. The minimum absolute atomic E-state index is 0.0186. The lowest BCUT2D eigenvalue weighted by atomic mass is 9.97. The largest absolute Gasteiger partial charge is 0.345 e. The lowest BCUT2D eigenvalue weighted by molar-refractivity contribution is 0.0970. The first kappa shape index (κ1) is 17.9. The minimum Gasteiger partial charge on any atom is -0.345 e. The molecule has 0 unspecified atom stereocenters. The molecule has 0 atom stereocenters. The molecule has 3 heterocycles. The van der Waals surface area contributed by atoms with E-state index < -0.39 is 0 Å². The summed E-state index contributed by atoms with van der Waals surface area (Å²) in [6.45, 7) is 8.37. The van der Waals surface area contributed by atoms with E-state index in [0.717, 1.165) is 46.4 Å². The summed E-state index contributed by atoms with van der Waals surface area (Å²) in [7, 11) is 0. The molecule has 27 heavy (non-hydrogen) atoms. The molecule has 140 valence electrons. The van der Waals surface area contributed by atoms with Crippen LogP contribution in [0.5, 0.6) is 0 Å². The van der Waals surface area contributed by atoms with Gasteiger partial charge in [-0.2, -0.15) is 0 Å². The van der Waals surface area contributed by atoms with Crippen molar-refractivity contribution in [3.63, 3.8) is 0 Å². The number of ketones is 1. The van der Waals surface area contributed by atoms with E-state index in [1.165, 1.54) is 22.2 Å². The van der Waals surface area contributed by atoms with Crippen LogP contribution in [0.2, 0.25) is 0 Å². The highest BCUT2D eigenvalue weighted by molar-refractivity contribution is 7.18. The van der Waals surface area contributed by atoms with Gasteiger partial charge < -0.3 is 4.57 Å². The van der Waals surface area contributed by atoms with E-state index in [-0.39, 0.29) is 17.9 Å². The van der Waals surface area contributed by atoms with Gasteiger partial charge in [0.05, 0.1) is 18.3 Å². The Kier molecular flexibility index (Phi) is 4.60. The highest BCUT2D eigenvalue weighted by Crippen LogP contribution is 2.33. The Balaban J connectivity index is 1.71. The summed E-state index contributed by atoms with van der Waals surface area (Å²) >= 11 is 1.63. The first-order valence-electron chi connectivity index (χ1n) is 9.31. The number of hydrogen-bond donors (Lipinski definition) is 0. The molecule has 0 N–H and O–H groups in total. The maximum absolute atomic E-state index is 13.0. The molecular weight excluding hydrogens is 358 g/mol. The van der Waals surface area contributed by atoms with E-state index in [9.17, 15) is 9.59 Å². The van der Waals surface area contributed by atoms with Crippen molar-refractivity contribution in [2.24, 2.45) is 0 Å². The fourth-order valence-corrected chi connectivity index (χ4v) is 5.25. The number of Topliss-reactive ketones (excluding diaryl/α,β-unsaturated/α-hetero) is 1. The number of aryl methyl sites for hydroxylation is 3. The average molecular weight is 382 g/mol. The molecule has 0 bridgehead atoms. The third kappa shape index (κ3) is 2.98. The lowest BCUT2D eigenvalue weighted by Crippen LogP contribution is -2.25. The van der Waals surface area contributed by atoms with Gasteiger partial charge in [-0.3, -0.25) is 14.2 Å². The molecule has 0 radical (unpaired) electrons. The Morgan fingerprint density at radius 1 is 1.33 bits per heavy atom. The van der Waals surface area contributed by atoms with Crippen LogP contribution in [0, 0.1) is 13.8 Å². The maximum Gasteiger partial charge on any atom is 0.262 e. The van der Waals surface area contributed by atoms with E-state index >= 15 is 0 Å². The molecule has 3 aromatic rings. The van der Waals surface area contributed by atoms with Gasteiger partial charge in [0.25, 0.3) is 5.56 Å². The van der Waals surface area contributed by atoms with Crippen LogP contribution in [0.15, 0.2) is 29.8 Å². The smallest absolute Gasteiger partial charge is 0.262 e. The number of fused-ring (bicyclic) bond motifs is 3. The summed E-state index contributed by atoms with van der Waals surface area (Å²) in [5, 5.41) is 0.724. The van der Waals surface area contributed by atoms with Gasteiger partial charge in [-0.1, -0.05) is 6.08 Å². The van der Waals surface area contributed by atoms with E-state index in [1.807, 2.05) is 26.0 Å². The van der Waals surface area contributed by atoms with Gasteiger partial charge in [0, 0.05) is 28.4 Å². The van der Waals surface area contributed by atoms with Crippen molar-refractivity contribution in [2.45, 2.75) is 52.6 Å². The number of carbonyl (C=O) groups is 1. The third-order valence-electron chi connectivity index (χ3n) is 5.44. The minimum atomic E-state index is -0.0901. The Hall–Kier alpha value is -2.47. The number of rotatable bonds is 5. The molecule has 0 aromatic carbocycles. The second-order valence-electron chi connectivity index (χ2n) is 7.18. The quantitative estimate of drug-likeness (QED) is 0.499. The maximum atomic E-state index is 13.0. The number of carbonyl (C=O) groups excluding carboxylic acids is 1. The van der Waals surface area contributed by atoms with Gasteiger partial charge in [-0.15, -0.1) is 17.9 Å². The molecule has 0 fully saturated rings. The van der Waals surface area contributed by atoms with Crippen molar-refractivity contribution in [1.82, 2.24) is 14.1 Å². The van der Waals surface area contributed by atoms with Crippen LogP contribution in [0.3, 0.4) is 0 Å². The predicted molar refractivity (Wildman–Crippen MR) is 109 cm³/mol. The predicted octanol–water partition coefficient (Wildman–Crippen LogP) is 3.82. The van der Waals surface area contributed by atoms with Crippen molar-refractivity contribution in [3.05, 3.63) is 62.8 Å². The molecule has 0 saturated carbocycles. The number of thiophene rings is 1. The van der Waals surface area contributed by atoms with Crippen LogP contribution in [0.1, 0.15) is 45.0 Å². The van der Waals surface area contributed by atoms with Gasteiger partial charge in [-0.05, 0) is 51.2 Å². The number of nitrogens with zero attached hydrogens (tertiary/aromatic N) is 3. The molecule has 0 amide bonds. The fraction of sp³-hybridized carbons (Fsp3) is 0.381. The van der Waals surface area contributed by atoms with Crippen LogP contribution in [-0.4, -0.2) is 19.9 Å². The zero-order chi connectivity index (χ0) is 19.1. The standard InChI is InChI=1S/C21H23N3O2S/c1-4-9-24-13(2)10-16(14(24)3)17(25)11-23-12-22-20-19(21(23)26)15-7-5-6-8-18(15)27-20/h4,10,12H,1,5-9,11H2,2-3H3. The Labute approximate surface area is 162 Å². The van der Waals surface area contributed by atoms with Gasteiger partial charge in [-0.25, -0.2) is 4.98 Å². The Morgan fingerprint density at radius 3 is 2.89 bits per heavy atom. The molecule has 1 aliphatic carbocycles. The lowest BCUT2D eigenvalue weighted by Gasteiger charge is -2.10. The molecule has 6 heteroatoms. The fourth-order valence-electron chi connectivity index (χ4n) is 4.03. The molecule has 3 aromatic heterocycles. The van der Waals surface area contributed by atoms with Crippen molar-refractivity contribution >= 4 is 27.3 Å². The first-order chi connectivity index (χ1) is 13.0. The summed E-state index contributed by atoms with van der Waals surface area (Å²) < 4.78 is 3.52. The van der Waals surface area contributed by atoms with Gasteiger partial charge in [0.2, 0.25) is 0 Å². The monoisotopic (exact) mass is 381 g/mol. The summed E-state index contributed by atoms with van der Waals surface area (Å²) in [5.74, 6) is -0.0641. The topological polar surface area (TPSA) is 56.9 Å². The zero-order valence-electron chi connectivity index (χ0n) is 15.7. The summed E-state index contributed by atoms with van der Waals surface area (Å²) in [6.07, 6.45) is 7.59. The van der Waals surface area contributed by atoms with Gasteiger partial charge >= 0.3 is 0 Å². The molecule has 1 aliphatic rings. The SMILES string of the molecule is C=CCn1c(C)cc(C(=O)Cn2cnc3sc4c(c3c2=O)CCCC4)c1C. The van der Waals surface area contributed by atoms with Crippen LogP contribution >= 0.6 is 11.3 Å². The van der Waals surface area contributed by atoms with Crippen molar-refractivity contribution in [2.75, 3.05) is 0 Å². The first-order valence-corrected chi connectivity index (χ1v) is 10.1. The molecule has 0 saturated heterocycles. The number of aromatic nitrogens is 3. The normalized spacial score (nSPS) is 13.7. The molecule has 0 aliphatic heterocycles. The second-order valence-corrected chi connectivity index (χ2v) is 8.26. The van der Waals surface area contributed by atoms with E-state index in [4.69, 9.17) is 0 Å². The molecule has 5 nitrogen and oxygen atoms in total.